The van der Waals surface area contributed by atoms with E-state index >= 15 is 0 Å². The van der Waals surface area contributed by atoms with E-state index in [0.29, 0.717) is 0 Å². The summed E-state index contributed by atoms with van der Waals surface area (Å²) >= 11 is 0. The van der Waals surface area contributed by atoms with Crippen LogP contribution in [-0.4, -0.2) is 37.1 Å². The van der Waals surface area contributed by atoms with E-state index in [1.54, 1.807) is 0 Å². The maximum atomic E-state index is 3.62. The molecule has 0 aromatic rings. The number of fused-ring (bicyclic) bond motifs is 1. The number of hydrogen-bond acceptors (Lipinski definition) is 2. The second kappa shape index (κ2) is 7.64. The van der Waals surface area contributed by atoms with Crippen LogP contribution < -0.4 is 5.32 Å². The lowest BCUT2D eigenvalue weighted by molar-refractivity contribution is 0.0499. The fraction of sp³-hybridized carbons (Fsp3) is 1.00. The Kier molecular flexibility index (Phi) is 6.15. The summed E-state index contributed by atoms with van der Waals surface area (Å²) in [6.07, 6.45) is 8.87. The first-order valence-corrected chi connectivity index (χ1v) is 8.61. The van der Waals surface area contributed by atoms with Crippen molar-refractivity contribution in [2.45, 2.75) is 65.3 Å². The quantitative estimate of drug-likeness (QED) is 0.791. The van der Waals surface area contributed by atoms with Gasteiger partial charge >= 0.3 is 0 Å². The standard InChI is InChI=1S/C17H34N2/c1-14(2)11-18-12-15(3)13-19-10-6-8-16-7-4-5-9-17(16)19/h14-18H,4-13H2,1-3H3/t15?,16-,17-/m1/s1. The first-order valence-electron chi connectivity index (χ1n) is 8.61. The highest BCUT2D eigenvalue weighted by Gasteiger charge is 2.33. The Morgan fingerprint density at radius 2 is 1.74 bits per heavy atom. The van der Waals surface area contributed by atoms with Crippen LogP contribution >= 0.6 is 0 Å². The van der Waals surface area contributed by atoms with Crippen molar-refractivity contribution in [2.75, 3.05) is 26.2 Å². The molecule has 1 aliphatic carbocycles. The van der Waals surface area contributed by atoms with E-state index in [0.717, 1.165) is 30.3 Å². The van der Waals surface area contributed by atoms with Crippen molar-refractivity contribution >= 4 is 0 Å². The molecule has 2 heteroatoms. The summed E-state index contributed by atoms with van der Waals surface area (Å²) in [5, 5.41) is 3.62. The van der Waals surface area contributed by atoms with E-state index in [2.05, 4.69) is 31.0 Å². The summed E-state index contributed by atoms with van der Waals surface area (Å²) in [4.78, 5) is 2.83. The molecule has 1 N–H and O–H groups in total. The maximum Gasteiger partial charge on any atom is 0.0124 e. The lowest BCUT2D eigenvalue weighted by atomic mass is 9.78. The molecule has 0 radical (unpaired) electrons. The molecule has 19 heavy (non-hydrogen) atoms. The van der Waals surface area contributed by atoms with Gasteiger partial charge in [0.15, 0.2) is 0 Å². The molecule has 112 valence electrons. The molecular formula is C17H34N2. The highest BCUT2D eigenvalue weighted by atomic mass is 15.2. The fourth-order valence-corrected chi connectivity index (χ4v) is 4.04. The minimum atomic E-state index is 0.768. The monoisotopic (exact) mass is 266 g/mol. The van der Waals surface area contributed by atoms with Crippen molar-refractivity contribution < 1.29 is 0 Å². The lowest BCUT2D eigenvalue weighted by Crippen LogP contribution is -2.49. The van der Waals surface area contributed by atoms with Gasteiger partial charge in [-0.3, -0.25) is 4.90 Å². The van der Waals surface area contributed by atoms with Crippen LogP contribution in [0, 0.1) is 17.8 Å². The van der Waals surface area contributed by atoms with Crippen molar-refractivity contribution in [3.05, 3.63) is 0 Å². The molecule has 1 saturated heterocycles. The van der Waals surface area contributed by atoms with Crippen molar-refractivity contribution in [3.63, 3.8) is 0 Å². The normalized spacial score (nSPS) is 30.3. The van der Waals surface area contributed by atoms with Gasteiger partial charge in [0.25, 0.3) is 0 Å². The van der Waals surface area contributed by atoms with Gasteiger partial charge in [0.05, 0.1) is 0 Å². The Morgan fingerprint density at radius 1 is 1.00 bits per heavy atom. The van der Waals surface area contributed by atoms with Gasteiger partial charge < -0.3 is 5.32 Å². The topological polar surface area (TPSA) is 15.3 Å². The van der Waals surface area contributed by atoms with E-state index in [-0.39, 0.29) is 0 Å². The van der Waals surface area contributed by atoms with Crippen LogP contribution in [0.4, 0.5) is 0 Å². The summed E-state index contributed by atoms with van der Waals surface area (Å²) in [5.41, 5.74) is 0. The van der Waals surface area contributed by atoms with E-state index < -0.39 is 0 Å². The van der Waals surface area contributed by atoms with Gasteiger partial charge in [0.1, 0.15) is 0 Å². The van der Waals surface area contributed by atoms with Gasteiger partial charge in [-0.25, -0.2) is 0 Å². The Labute approximate surface area is 120 Å². The molecule has 1 unspecified atom stereocenters. The molecule has 0 amide bonds. The third kappa shape index (κ3) is 4.75. The number of nitrogens with zero attached hydrogens (tertiary/aromatic N) is 1. The van der Waals surface area contributed by atoms with Gasteiger partial charge in [-0.15, -0.1) is 0 Å². The number of likely N-dealkylation sites (tertiary alicyclic amines) is 1. The Hall–Kier alpha value is -0.0800. The van der Waals surface area contributed by atoms with Crippen molar-refractivity contribution in [3.8, 4) is 0 Å². The summed E-state index contributed by atoms with van der Waals surface area (Å²) in [5.74, 6) is 2.59. The summed E-state index contributed by atoms with van der Waals surface area (Å²) < 4.78 is 0. The van der Waals surface area contributed by atoms with E-state index in [1.165, 1.54) is 58.2 Å². The average molecular weight is 266 g/mol. The SMILES string of the molecule is CC(C)CNCC(C)CN1CCC[C@H]2CCCC[C@H]21. The summed E-state index contributed by atoms with van der Waals surface area (Å²) in [7, 11) is 0. The number of rotatable bonds is 6. The number of hydrogen-bond donors (Lipinski definition) is 1. The number of piperidine rings is 1. The predicted molar refractivity (Wildman–Crippen MR) is 83.4 cm³/mol. The summed E-state index contributed by atoms with van der Waals surface area (Å²) in [6, 6.07) is 0.926. The van der Waals surface area contributed by atoms with Crippen LogP contribution in [-0.2, 0) is 0 Å². The van der Waals surface area contributed by atoms with E-state index in [1.807, 2.05) is 0 Å². The Balaban J connectivity index is 1.73. The van der Waals surface area contributed by atoms with Gasteiger partial charge in [-0.2, -0.15) is 0 Å². The van der Waals surface area contributed by atoms with Crippen LogP contribution in [0.15, 0.2) is 0 Å². The third-order valence-corrected chi connectivity index (χ3v) is 4.95. The molecular weight excluding hydrogens is 232 g/mol. The van der Waals surface area contributed by atoms with Crippen molar-refractivity contribution in [2.24, 2.45) is 17.8 Å². The molecule has 3 atom stereocenters. The van der Waals surface area contributed by atoms with Crippen LogP contribution in [0.5, 0.6) is 0 Å². The molecule has 2 fully saturated rings. The summed E-state index contributed by atoms with van der Waals surface area (Å²) in [6.45, 7) is 12.0. The minimum absolute atomic E-state index is 0.768. The lowest BCUT2D eigenvalue weighted by Gasteiger charge is -2.45. The van der Waals surface area contributed by atoms with E-state index in [4.69, 9.17) is 0 Å². The fourth-order valence-electron chi connectivity index (χ4n) is 4.04. The average Bonchev–Trinajstić information content (AvgIpc) is 2.39. The van der Waals surface area contributed by atoms with Gasteiger partial charge in [0, 0.05) is 12.6 Å². The maximum absolute atomic E-state index is 3.62. The molecule has 0 aromatic heterocycles. The minimum Gasteiger partial charge on any atom is -0.316 e. The van der Waals surface area contributed by atoms with Crippen molar-refractivity contribution in [1.82, 2.24) is 10.2 Å². The van der Waals surface area contributed by atoms with Crippen LogP contribution in [0.1, 0.15) is 59.3 Å². The zero-order chi connectivity index (χ0) is 13.7. The molecule has 0 bridgehead atoms. The first kappa shape index (κ1) is 15.3. The third-order valence-electron chi connectivity index (χ3n) is 4.95. The van der Waals surface area contributed by atoms with Crippen molar-refractivity contribution in [1.29, 1.82) is 0 Å². The smallest absolute Gasteiger partial charge is 0.0124 e. The molecule has 1 aliphatic heterocycles. The van der Waals surface area contributed by atoms with E-state index in [9.17, 15) is 0 Å². The molecule has 2 nitrogen and oxygen atoms in total. The predicted octanol–water partition coefficient (Wildman–Crippen LogP) is 3.52. The molecule has 0 aromatic carbocycles. The van der Waals surface area contributed by atoms with Crippen LogP contribution in [0.2, 0.25) is 0 Å². The zero-order valence-electron chi connectivity index (χ0n) is 13.3. The molecule has 1 heterocycles. The molecule has 1 saturated carbocycles. The second-order valence-corrected chi connectivity index (χ2v) is 7.41. The Bertz CT molecular complexity index is 250. The first-order chi connectivity index (χ1) is 9.16. The largest absolute Gasteiger partial charge is 0.316 e. The highest BCUT2D eigenvalue weighted by molar-refractivity contribution is 4.87. The molecule has 0 spiro atoms. The van der Waals surface area contributed by atoms with Crippen LogP contribution in [0.3, 0.4) is 0 Å². The Morgan fingerprint density at radius 3 is 2.53 bits per heavy atom. The number of nitrogens with one attached hydrogen (secondary N) is 1. The molecule has 2 rings (SSSR count). The molecule has 2 aliphatic rings. The zero-order valence-corrected chi connectivity index (χ0v) is 13.3. The highest BCUT2D eigenvalue weighted by Crippen LogP contribution is 2.35. The van der Waals surface area contributed by atoms with Gasteiger partial charge in [-0.1, -0.05) is 33.6 Å². The van der Waals surface area contributed by atoms with Gasteiger partial charge in [-0.05, 0) is 63.1 Å². The van der Waals surface area contributed by atoms with Crippen LogP contribution in [0.25, 0.3) is 0 Å². The second-order valence-electron chi connectivity index (χ2n) is 7.41. The van der Waals surface area contributed by atoms with Gasteiger partial charge in [0.2, 0.25) is 0 Å².